The van der Waals surface area contributed by atoms with E-state index in [4.69, 9.17) is 5.73 Å². The van der Waals surface area contributed by atoms with Crippen LogP contribution in [0.2, 0.25) is 0 Å². The summed E-state index contributed by atoms with van der Waals surface area (Å²) in [5.74, 6) is 0.153. The highest BCUT2D eigenvalue weighted by molar-refractivity contribution is 5.83. The van der Waals surface area contributed by atoms with Crippen LogP contribution < -0.4 is 10.6 Å². The van der Waals surface area contributed by atoms with Crippen LogP contribution in [0.15, 0.2) is 18.2 Å². The molecule has 1 aliphatic heterocycles. The second-order valence-electron chi connectivity index (χ2n) is 5.11. The molecule has 1 aromatic rings. The van der Waals surface area contributed by atoms with Crippen molar-refractivity contribution in [1.82, 2.24) is 4.90 Å². The molecule has 0 aromatic heterocycles. The zero-order valence-electron chi connectivity index (χ0n) is 11.3. The maximum atomic E-state index is 12.1. The topological polar surface area (TPSA) is 49.6 Å². The monoisotopic (exact) mass is 247 g/mol. The number of nitrogens with zero attached hydrogens (tertiary/aromatic N) is 2. The number of hydrogen-bond acceptors (Lipinski definition) is 3. The molecule has 0 saturated heterocycles. The highest BCUT2D eigenvalue weighted by atomic mass is 16.2. The summed E-state index contributed by atoms with van der Waals surface area (Å²) in [5, 5.41) is 0. The number of rotatable bonds is 3. The minimum Gasteiger partial charge on any atom is -0.398 e. The van der Waals surface area contributed by atoms with Gasteiger partial charge in [0, 0.05) is 36.6 Å². The molecule has 98 valence electrons. The van der Waals surface area contributed by atoms with E-state index >= 15 is 0 Å². The van der Waals surface area contributed by atoms with Gasteiger partial charge in [-0.05, 0) is 32.4 Å². The Labute approximate surface area is 108 Å². The van der Waals surface area contributed by atoms with E-state index in [9.17, 15) is 4.79 Å². The smallest absolute Gasteiger partial charge is 0.242 e. The van der Waals surface area contributed by atoms with Crippen molar-refractivity contribution in [3.05, 3.63) is 23.8 Å². The van der Waals surface area contributed by atoms with Crippen molar-refractivity contribution < 1.29 is 4.79 Å². The van der Waals surface area contributed by atoms with Crippen LogP contribution in [0.5, 0.6) is 0 Å². The second kappa shape index (κ2) is 4.88. The maximum Gasteiger partial charge on any atom is 0.242 e. The number of likely N-dealkylation sites (N-methyl/N-ethyl adjacent to an activating group) is 1. The number of fused-ring (bicyclic) bond motifs is 1. The molecular weight excluding hydrogens is 226 g/mol. The maximum absolute atomic E-state index is 12.1. The molecule has 2 rings (SSSR count). The lowest BCUT2D eigenvalue weighted by atomic mass is 10.1. The molecule has 0 spiro atoms. The van der Waals surface area contributed by atoms with Crippen LogP contribution in [0.3, 0.4) is 0 Å². The number of carbonyl (C=O) groups excluding carboxylic acids is 1. The van der Waals surface area contributed by atoms with Crippen LogP contribution in [0, 0.1) is 0 Å². The van der Waals surface area contributed by atoms with Crippen molar-refractivity contribution in [1.29, 1.82) is 0 Å². The molecule has 0 radical (unpaired) electrons. The Morgan fingerprint density at radius 3 is 2.89 bits per heavy atom. The summed E-state index contributed by atoms with van der Waals surface area (Å²) in [7, 11) is 1.85. The summed E-state index contributed by atoms with van der Waals surface area (Å²) >= 11 is 0. The molecule has 18 heavy (non-hydrogen) atoms. The Hall–Kier alpha value is -1.71. The molecule has 2 N–H and O–H groups in total. The van der Waals surface area contributed by atoms with Gasteiger partial charge in [-0.15, -0.1) is 0 Å². The molecule has 0 bridgehead atoms. The van der Waals surface area contributed by atoms with E-state index in [2.05, 4.69) is 4.90 Å². The normalized spacial score (nSPS) is 13.9. The number of anilines is 2. The van der Waals surface area contributed by atoms with Gasteiger partial charge in [0.15, 0.2) is 0 Å². The van der Waals surface area contributed by atoms with Crippen LogP contribution in [0.1, 0.15) is 19.4 Å². The Bertz CT molecular complexity index is 456. The summed E-state index contributed by atoms with van der Waals surface area (Å²) < 4.78 is 0. The van der Waals surface area contributed by atoms with Gasteiger partial charge in [0.25, 0.3) is 0 Å². The number of benzene rings is 1. The van der Waals surface area contributed by atoms with Crippen molar-refractivity contribution in [2.45, 2.75) is 26.3 Å². The minimum absolute atomic E-state index is 0.153. The van der Waals surface area contributed by atoms with Gasteiger partial charge in [-0.3, -0.25) is 4.79 Å². The Morgan fingerprint density at radius 1 is 1.50 bits per heavy atom. The third-order valence-electron chi connectivity index (χ3n) is 3.65. The molecule has 4 heteroatoms. The summed E-state index contributed by atoms with van der Waals surface area (Å²) in [5.41, 5.74) is 9.07. The van der Waals surface area contributed by atoms with Crippen molar-refractivity contribution in [2.75, 3.05) is 30.8 Å². The second-order valence-corrected chi connectivity index (χ2v) is 5.11. The van der Waals surface area contributed by atoms with Gasteiger partial charge >= 0.3 is 0 Å². The predicted octanol–water partition coefficient (Wildman–Crippen LogP) is 1.50. The first-order valence-corrected chi connectivity index (χ1v) is 6.38. The van der Waals surface area contributed by atoms with Crippen LogP contribution in [0.4, 0.5) is 11.4 Å². The van der Waals surface area contributed by atoms with E-state index in [-0.39, 0.29) is 11.9 Å². The molecule has 1 amide bonds. The molecule has 4 nitrogen and oxygen atoms in total. The number of nitrogens with two attached hydrogens (primary N) is 1. The lowest BCUT2D eigenvalue weighted by Gasteiger charge is -2.26. The highest BCUT2D eigenvalue weighted by Crippen LogP contribution is 2.31. The van der Waals surface area contributed by atoms with Crippen molar-refractivity contribution in [3.63, 3.8) is 0 Å². The fourth-order valence-electron chi connectivity index (χ4n) is 2.25. The number of nitrogen functional groups attached to an aromatic ring is 1. The number of hydrogen-bond donors (Lipinski definition) is 1. The van der Waals surface area contributed by atoms with E-state index in [1.807, 2.05) is 39.1 Å². The minimum atomic E-state index is 0.153. The summed E-state index contributed by atoms with van der Waals surface area (Å²) in [6, 6.07) is 6.15. The van der Waals surface area contributed by atoms with Gasteiger partial charge in [0.1, 0.15) is 0 Å². The molecule has 0 atom stereocenters. The summed E-state index contributed by atoms with van der Waals surface area (Å²) in [6.45, 7) is 5.36. The molecule has 1 aromatic carbocycles. The van der Waals surface area contributed by atoms with Gasteiger partial charge in [-0.1, -0.05) is 6.07 Å². The number of amides is 1. The molecule has 1 aliphatic rings. The molecule has 0 saturated carbocycles. The summed E-state index contributed by atoms with van der Waals surface area (Å²) in [4.78, 5) is 16.0. The largest absolute Gasteiger partial charge is 0.398 e. The quantitative estimate of drug-likeness (QED) is 0.823. The molecule has 1 heterocycles. The third kappa shape index (κ3) is 2.28. The fraction of sp³-hybridized carbons (Fsp3) is 0.500. The van der Waals surface area contributed by atoms with Gasteiger partial charge in [0.2, 0.25) is 5.91 Å². The summed E-state index contributed by atoms with van der Waals surface area (Å²) in [6.07, 6.45) is 0.931. The van der Waals surface area contributed by atoms with Crippen molar-refractivity contribution in [2.24, 2.45) is 0 Å². The third-order valence-corrected chi connectivity index (χ3v) is 3.65. The molecule has 0 fully saturated rings. The standard InChI is InChI=1S/C14H21N3O/c1-10(2)16(3)14(18)9-17-8-7-11-12(15)5-4-6-13(11)17/h4-6,10H,7-9,15H2,1-3H3. The Balaban J connectivity index is 2.11. The highest BCUT2D eigenvalue weighted by Gasteiger charge is 2.24. The van der Waals surface area contributed by atoms with Crippen molar-refractivity contribution >= 4 is 17.3 Å². The molecule has 0 unspecified atom stereocenters. The first kappa shape index (κ1) is 12.7. The van der Waals surface area contributed by atoms with Crippen LogP contribution >= 0.6 is 0 Å². The van der Waals surface area contributed by atoms with Gasteiger partial charge in [-0.25, -0.2) is 0 Å². The van der Waals surface area contributed by atoms with Crippen molar-refractivity contribution in [3.8, 4) is 0 Å². The SMILES string of the molecule is CC(C)N(C)C(=O)CN1CCc2c(N)cccc21. The van der Waals surface area contributed by atoms with E-state index in [1.165, 1.54) is 5.56 Å². The lowest BCUT2D eigenvalue weighted by molar-refractivity contribution is -0.129. The predicted molar refractivity (Wildman–Crippen MR) is 74.7 cm³/mol. The molecular formula is C14H21N3O. The Kier molecular flexibility index (Phi) is 3.45. The van der Waals surface area contributed by atoms with E-state index in [0.717, 1.165) is 24.3 Å². The first-order valence-electron chi connectivity index (χ1n) is 6.38. The van der Waals surface area contributed by atoms with E-state index in [1.54, 1.807) is 4.90 Å². The van der Waals surface area contributed by atoms with Gasteiger partial charge < -0.3 is 15.5 Å². The van der Waals surface area contributed by atoms with Gasteiger partial charge in [-0.2, -0.15) is 0 Å². The average Bonchev–Trinajstić information content (AvgIpc) is 2.73. The Morgan fingerprint density at radius 2 is 2.22 bits per heavy atom. The average molecular weight is 247 g/mol. The van der Waals surface area contributed by atoms with Crippen LogP contribution in [-0.2, 0) is 11.2 Å². The van der Waals surface area contributed by atoms with Gasteiger partial charge in [0.05, 0.1) is 6.54 Å². The van der Waals surface area contributed by atoms with Crippen LogP contribution in [-0.4, -0.2) is 37.0 Å². The lowest BCUT2D eigenvalue weighted by Crippen LogP contribution is -2.41. The number of carbonyl (C=O) groups is 1. The van der Waals surface area contributed by atoms with Crippen LogP contribution in [0.25, 0.3) is 0 Å². The first-order chi connectivity index (χ1) is 8.50. The van der Waals surface area contributed by atoms with E-state index in [0.29, 0.717) is 6.54 Å². The fourth-order valence-corrected chi connectivity index (χ4v) is 2.25. The zero-order chi connectivity index (χ0) is 13.3. The zero-order valence-corrected chi connectivity index (χ0v) is 11.3. The van der Waals surface area contributed by atoms with E-state index < -0.39 is 0 Å². The molecule has 0 aliphatic carbocycles.